The third kappa shape index (κ3) is 4.25. The van der Waals surface area contributed by atoms with Crippen LogP contribution >= 0.6 is 0 Å². The summed E-state index contributed by atoms with van der Waals surface area (Å²) in [4.78, 5) is 24.4. The molecule has 1 aromatic heterocycles. The van der Waals surface area contributed by atoms with Crippen LogP contribution in [0.2, 0.25) is 0 Å². The van der Waals surface area contributed by atoms with Crippen LogP contribution in [0.3, 0.4) is 0 Å². The van der Waals surface area contributed by atoms with Crippen LogP contribution in [0, 0.1) is 12.3 Å². The topological polar surface area (TPSA) is 75.6 Å². The number of unbranched alkanes of at least 4 members (excludes halogenated alkanes) is 1. The maximum absolute atomic E-state index is 13.2. The molecule has 1 N–H and O–H groups in total. The van der Waals surface area contributed by atoms with Crippen LogP contribution in [-0.2, 0) is 27.6 Å². The van der Waals surface area contributed by atoms with Crippen molar-refractivity contribution in [1.29, 1.82) is 0 Å². The fourth-order valence-corrected chi connectivity index (χ4v) is 4.25. The predicted molar refractivity (Wildman–Crippen MR) is 121 cm³/mol. The van der Waals surface area contributed by atoms with E-state index in [1.54, 1.807) is 25.3 Å². The first kappa shape index (κ1) is 24.2. The number of ether oxygens (including phenoxy) is 1. The van der Waals surface area contributed by atoms with Gasteiger partial charge in [0, 0.05) is 44.8 Å². The maximum atomic E-state index is 13.2. The summed E-state index contributed by atoms with van der Waals surface area (Å²) in [5.74, 6) is 0.878. The Labute approximate surface area is 203 Å². The molecule has 32 heavy (non-hydrogen) atoms. The number of carbonyl (C=O) groups is 1. The van der Waals surface area contributed by atoms with Crippen LogP contribution in [0.1, 0.15) is 49.5 Å². The number of benzene rings is 2. The van der Waals surface area contributed by atoms with E-state index in [-0.39, 0.29) is 38.8 Å². The number of amides is 1. The molecular weight excluding hydrogens is 574 g/mol. The fourth-order valence-electron chi connectivity index (χ4n) is 4.25. The number of aromatic hydroxyl groups is 1. The van der Waals surface area contributed by atoms with Gasteiger partial charge in [-0.2, -0.15) is 13.3 Å². The van der Waals surface area contributed by atoms with E-state index >= 15 is 0 Å². The molecule has 0 spiro atoms. The van der Waals surface area contributed by atoms with Crippen molar-refractivity contribution in [3.8, 4) is 22.9 Å². The Morgan fingerprint density at radius 3 is 2.59 bits per heavy atom. The predicted octanol–water partition coefficient (Wildman–Crippen LogP) is 4.99. The molecule has 1 aliphatic rings. The molecule has 0 saturated heterocycles. The van der Waals surface area contributed by atoms with E-state index in [1.165, 1.54) is 0 Å². The number of fused-ring (bicyclic) bond motifs is 2. The fraction of sp³-hybridized carbons (Fsp3) is 0.360. The Kier molecular flexibility index (Phi) is 7.55. The number of phenolic OH excluding ortho intramolecular Hbond substituents is 1. The standard InChI is InChI=1S/C25H28N3O3.W/c1-5-6-9-15(2)16(3)28-14-19-17(10-7-11-18(19)25(28)30)22-24(31-4)26-20-12-8-13-21(29)23(20)27-22;/h5,7-8,10-13,15-16,29H,6,9,14H2,1-4H3;/q-1;. The average Bonchev–Trinajstić information content (AvgIpc) is 3.13. The molecule has 0 fully saturated rings. The van der Waals surface area contributed by atoms with Gasteiger partial charge in [0.1, 0.15) is 17.0 Å². The number of carbonyl (C=O) groups excluding carboxylic acids is 1. The van der Waals surface area contributed by atoms with Crippen LogP contribution in [-0.4, -0.2) is 39.0 Å². The molecule has 0 saturated carbocycles. The van der Waals surface area contributed by atoms with Crippen LogP contribution < -0.4 is 4.74 Å². The summed E-state index contributed by atoms with van der Waals surface area (Å²) in [6.45, 7) is 6.91. The molecule has 6 nitrogen and oxygen atoms in total. The van der Waals surface area contributed by atoms with Crippen LogP contribution in [0.15, 0.2) is 36.4 Å². The first-order chi connectivity index (χ1) is 15.0. The van der Waals surface area contributed by atoms with E-state index in [0.717, 1.165) is 24.0 Å². The van der Waals surface area contributed by atoms with E-state index in [0.29, 0.717) is 40.6 Å². The normalized spacial score (nSPS) is 14.8. The molecule has 1 aliphatic heterocycles. The molecule has 0 bridgehead atoms. The second kappa shape index (κ2) is 9.99. The van der Waals surface area contributed by atoms with Crippen LogP contribution in [0.4, 0.5) is 0 Å². The zero-order valence-corrected chi connectivity index (χ0v) is 21.8. The van der Waals surface area contributed by atoms with Crippen molar-refractivity contribution in [3.63, 3.8) is 0 Å². The van der Waals surface area contributed by atoms with Crippen molar-refractivity contribution < 1.29 is 35.7 Å². The molecule has 3 aromatic rings. The van der Waals surface area contributed by atoms with Gasteiger partial charge < -0.3 is 21.2 Å². The van der Waals surface area contributed by atoms with E-state index in [2.05, 4.69) is 32.2 Å². The summed E-state index contributed by atoms with van der Waals surface area (Å²) in [7, 11) is 1.55. The van der Waals surface area contributed by atoms with Crippen LogP contribution in [0.5, 0.6) is 11.6 Å². The second-order valence-corrected chi connectivity index (χ2v) is 8.19. The minimum Gasteiger partial charge on any atom is -0.506 e. The monoisotopic (exact) mass is 602 g/mol. The average molecular weight is 602 g/mol. The number of methoxy groups -OCH3 is 1. The number of aromatic nitrogens is 2. The number of nitrogens with zero attached hydrogens (tertiary/aromatic N) is 3. The molecule has 2 unspecified atom stereocenters. The first-order valence-electron chi connectivity index (χ1n) is 10.7. The van der Waals surface area contributed by atoms with Gasteiger partial charge in [-0.3, -0.25) is 4.79 Å². The Morgan fingerprint density at radius 2 is 1.88 bits per heavy atom. The van der Waals surface area contributed by atoms with Gasteiger partial charge in [-0.1, -0.05) is 31.5 Å². The zero-order valence-electron chi connectivity index (χ0n) is 18.8. The quantitative estimate of drug-likeness (QED) is 0.386. The van der Waals surface area contributed by atoms with Crippen LogP contribution in [0.25, 0.3) is 22.3 Å². The van der Waals surface area contributed by atoms with E-state index in [4.69, 9.17) is 9.72 Å². The van der Waals surface area contributed by atoms with Crippen molar-refractivity contribution in [3.05, 3.63) is 53.9 Å². The van der Waals surface area contributed by atoms with Crippen molar-refractivity contribution in [2.24, 2.45) is 5.92 Å². The van der Waals surface area contributed by atoms with Gasteiger partial charge in [-0.15, -0.1) is 0 Å². The zero-order chi connectivity index (χ0) is 22.1. The number of phenols is 1. The van der Waals surface area contributed by atoms with Gasteiger partial charge >= 0.3 is 0 Å². The largest absolute Gasteiger partial charge is 0.506 e. The van der Waals surface area contributed by atoms with Gasteiger partial charge in [0.25, 0.3) is 5.91 Å². The van der Waals surface area contributed by atoms with Crippen molar-refractivity contribution in [2.75, 3.05) is 7.11 Å². The molecule has 2 aromatic carbocycles. The minimum absolute atomic E-state index is 0. The number of para-hydroxylation sites is 1. The number of hydrogen-bond acceptors (Lipinski definition) is 5. The molecule has 168 valence electrons. The minimum atomic E-state index is 0. The molecule has 2 heterocycles. The Hall–Kier alpha value is -2.46. The van der Waals surface area contributed by atoms with E-state index < -0.39 is 0 Å². The van der Waals surface area contributed by atoms with Crippen molar-refractivity contribution in [1.82, 2.24) is 14.9 Å². The Bertz CT molecular complexity index is 1130. The molecule has 1 amide bonds. The maximum Gasteiger partial charge on any atom is 0.254 e. The second-order valence-electron chi connectivity index (χ2n) is 8.19. The van der Waals surface area contributed by atoms with Gasteiger partial charge in [-0.05, 0) is 36.6 Å². The smallest absolute Gasteiger partial charge is 0.254 e. The summed E-state index contributed by atoms with van der Waals surface area (Å²) in [5, 5.41) is 10.3. The van der Waals surface area contributed by atoms with E-state index in [9.17, 15) is 9.90 Å². The van der Waals surface area contributed by atoms with Gasteiger partial charge in [0.05, 0.1) is 12.6 Å². The molecule has 7 heteroatoms. The third-order valence-electron chi connectivity index (χ3n) is 6.31. The summed E-state index contributed by atoms with van der Waals surface area (Å²) >= 11 is 0. The molecule has 2 atom stereocenters. The van der Waals surface area contributed by atoms with E-state index in [1.807, 2.05) is 23.1 Å². The summed E-state index contributed by atoms with van der Waals surface area (Å²) in [6, 6.07) is 10.9. The first-order valence-corrected chi connectivity index (χ1v) is 10.7. The van der Waals surface area contributed by atoms with Gasteiger partial charge in [0.2, 0.25) is 5.88 Å². The van der Waals surface area contributed by atoms with Gasteiger partial charge in [0.15, 0.2) is 0 Å². The molecule has 4 rings (SSSR count). The number of hydrogen-bond donors (Lipinski definition) is 1. The Morgan fingerprint density at radius 1 is 1.16 bits per heavy atom. The SMILES string of the molecule is C[CH-]CCC(C)C(C)N1Cc2c(cccc2-c2nc3c(O)cccc3nc2OC)C1=O.[W]. The summed E-state index contributed by atoms with van der Waals surface area (Å²) in [6.07, 6.45) is 4.26. The molecule has 0 aliphatic carbocycles. The molecular formula is C25H28N3O3W-. The number of rotatable bonds is 7. The summed E-state index contributed by atoms with van der Waals surface area (Å²) in [5.41, 5.74) is 3.93. The molecule has 0 radical (unpaired) electrons. The summed E-state index contributed by atoms with van der Waals surface area (Å²) < 4.78 is 5.53. The third-order valence-corrected chi connectivity index (χ3v) is 6.31. The van der Waals surface area contributed by atoms with Gasteiger partial charge in [-0.25, -0.2) is 9.97 Å². The van der Waals surface area contributed by atoms with Crippen molar-refractivity contribution >= 4 is 16.9 Å². The van der Waals surface area contributed by atoms with Crippen molar-refractivity contribution in [2.45, 2.75) is 46.2 Å². The Balaban J connectivity index is 0.00000289.